The topological polar surface area (TPSA) is 55.6 Å². The molecule has 0 radical (unpaired) electrons. The Labute approximate surface area is 124 Å². The maximum absolute atomic E-state index is 12.3. The molecule has 4 nitrogen and oxygen atoms in total. The van der Waals surface area contributed by atoms with E-state index in [1.165, 1.54) is 0 Å². The summed E-state index contributed by atoms with van der Waals surface area (Å²) in [6.07, 6.45) is 1.73. The first-order valence-electron chi connectivity index (χ1n) is 6.90. The Balaban J connectivity index is 1.92. The Kier molecular flexibility index (Phi) is 5.40. The molecular formula is C15H21ClN2O2. The van der Waals surface area contributed by atoms with Gasteiger partial charge in [-0.2, -0.15) is 0 Å². The molecule has 1 aliphatic heterocycles. The Morgan fingerprint density at radius 2 is 2.00 bits per heavy atom. The Hall–Kier alpha value is -1.10. The molecule has 0 aromatic heterocycles. The third kappa shape index (κ3) is 3.95. The minimum Gasteiger partial charge on any atom is -0.381 e. The first-order valence-corrected chi connectivity index (χ1v) is 7.28. The number of amides is 1. The zero-order chi connectivity index (χ0) is 14.5. The molecule has 2 N–H and O–H groups in total. The maximum atomic E-state index is 12.3. The predicted octanol–water partition coefficient (Wildman–Crippen LogP) is 2.05. The SMILES string of the molecule is CN(Cc1ccc(Cl)cc1)C(=O)C(N)C1CCOCC1. The average molecular weight is 297 g/mol. The van der Waals surface area contributed by atoms with E-state index in [2.05, 4.69) is 0 Å². The van der Waals surface area contributed by atoms with Crippen molar-refractivity contribution in [3.8, 4) is 0 Å². The number of likely N-dealkylation sites (N-methyl/N-ethyl adjacent to an activating group) is 1. The third-order valence-electron chi connectivity index (χ3n) is 3.77. The van der Waals surface area contributed by atoms with Gasteiger partial charge in [0.05, 0.1) is 6.04 Å². The lowest BCUT2D eigenvalue weighted by atomic mass is 9.91. The first kappa shape index (κ1) is 15.3. The van der Waals surface area contributed by atoms with Crippen molar-refractivity contribution < 1.29 is 9.53 Å². The molecule has 0 bridgehead atoms. The zero-order valence-electron chi connectivity index (χ0n) is 11.7. The van der Waals surface area contributed by atoms with E-state index in [0.29, 0.717) is 24.8 Å². The van der Waals surface area contributed by atoms with Gasteiger partial charge in [-0.3, -0.25) is 4.79 Å². The van der Waals surface area contributed by atoms with Crippen LogP contribution in [0.2, 0.25) is 5.02 Å². The Morgan fingerprint density at radius 1 is 1.40 bits per heavy atom. The molecule has 110 valence electrons. The van der Waals surface area contributed by atoms with Crippen molar-refractivity contribution in [2.45, 2.75) is 25.4 Å². The third-order valence-corrected chi connectivity index (χ3v) is 4.02. The van der Waals surface area contributed by atoms with Gasteiger partial charge < -0.3 is 15.4 Å². The summed E-state index contributed by atoms with van der Waals surface area (Å²) in [5.41, 5.74) is 7.15. The van der Waals surface area contributed by atoms with E-state index < -0.39 is 6.04 Å². The standard InChI is InChI=1S/C15H21ClN2O2/c1-18(10-11-2-4-13(16)5-3-11)15(19)14(17)12-6-8-20-9-7-12/h2-5,12,14H,6-10,17H2,1H3. The van der Waals surface area contributed by atoms with Gasteiger partial charge in [-0.15, -0.1) is 0 Å². The second kappa shape index (κ2) is 7.07. The van der Waals surface area contributed by atoms with Crippen molar-refractivity contribution in [1.29, 1.82) is 0 Å². The molecule has 0 saturated carbocycles. The molecule has 1 fully saturated rings. The highest BCUT2D eigenvalue weighted by molar-refractivity contribution is 6.30. The second-order valence-corrected chi connectivity index (χ2v) is 5.73. The van der Waals surface area contributed by atoms with Crippen LogP contribution in [0.5, 0.6) is 0 Å². The van der Waals surface area contributed by atoms with Crippen LogP contribution in [-0.4, -0.2) is 37.1 Å². The van der Waals surface area contributed by atoms with Crippen LogP contribution in [0.3, 0.4) is 0 Å². The molecule has 1 aromatic rings. The summed E-state index contributed by atoms with van der Waals surface area (Å²) in [4.78, 5) is 14.0. The normalized spacial score (nSPS) is 17.8. The average Bonchev–Trinajstić information content (AvgIpc) is 2.49. The highest BCUT2D eigenvalue weighted by Crippen LogP contribution is 2.19. The summed E-state index contributed by atoms with van der Waals surface area (Å²) < 4.78 is 5.30. The summed E-state index contributed by atoms with van der Waals surface area (Å²) in [5.74, 6) is 0.218. The number of ether oxygens (including phenoxy) is 1. The molecule has 1 aliphatic rings. The van der Waals surface area contributed by atoms with Crippen LogP contribution in [0.1, 0.15) is 18.4 Å². The fourth-order valence-electron chi connectivity index (χ4n) is 2.47. The molecule has 20 heavy (non-hydrogen) atoms. The molecule has 1 saturated heterocycles. The molecule has 2 rings (SSSR count). The summed E-state index contributed by atoms with van der Waals surface area (Å²) in [6, 6.07) is 7.07. The highest BCUT2D eigenvalue weighted by Gasteiger charge is 2.28. The van der Waals surface area contributed by atoms with E-state index in [-0.39, 0.29) is 11.8 Å². The van der Waals surface area contributed by atoms with Gasteiger partial charge in [-0.25, -0.2) is 0 Å². The zero-order valence-corrected chi connectivity index (χ0v) is 12.5. The van der Waals surface area contributed by atoms with Gasteiger partial charge in [0.1, 0.15) is 0 Å². The van der Waals surface area contributed by atoms with Crippen molar-refractivity contribution in [2.24, 2.45) is 11.7 Å². The van der Waals surface area contributed by atoms with E-state index in [9.17, 15) is 4.79 Å². The van der Waals surface area contributed by atoms with Crippen molar-refractivity contribution in [3.05, 3.63) is 34.9 Å². The molecular weight excluding hydrogens is 276 g/mol. The van der Waals surface area contributed by atoms with E-state index in [4.69, 9.17) is 22.1 Å². The summed E-state index contributed by atoms with van der Waals surface area (Å²) in [6.45, 7) is 1.95. The number of carbonyl (C=O) groups excluding carboxylic acids is 1. The summed E-state index contributed by atoms with van der Waals surface area (Å²) in [5, 5.41) is 0.696. The van der Waals surface area contributed by atoms with E-state index in [1.807, 2.05) is 24.3 Å². The number of nitrogens with zero attached hydrogens (tertiary/aromatic N) is 1. The van der Waals surface area contributed by atoms with Crippen LogP contribution >= 0.6 is 11.6 Å². The number of nitrogens with two attached hydrogens (primary N) is 1. The minimum absolute atomic E-state index is 0.00755. The van der Waals surface area contributed by atoms with E-state index in [1.54, 1.807) is 11.9 Å². The number of carbonyl (C=O) groups is 1. The van der Waals surface area contributed by atoms with Gasteiger partial charge in [0, 0.05) is 31.8 Å². The molecule has 1 atom stereocenters. The molecule has 0 spiro atoms. The molecule has 0 aliphatic carbocycles. The van der Waals surface area contributed by atoms with Gasteiger partial charge in [0.25, 0.3) is 0 Å². The van der Waals surface area contributed by atoms with Crippen LogP contribution in [0, 0.1) is 5.92 Å². The molecule has 5 heteroatoms. The molecule has 1 unspecified atom stereocenters. The maximum Gasteiger partial charge on any atom is 0.239 e. The molecule has 1 aromatic carbocycles. The molecule has 1 amide bonds. The first-order chi connectivity index (χ1) is 9.58. The lowest BCUT2D eigenvalue weighted by Crippen LogP contribution is -2.47. The van der Waals surface area contributed by atoms with Crippen LogP contribution in [0.15, 0.2) is 24.3 Å². The van der Waals surface area contributed by atoms with E-state index in [0.717, 1.165) is 18.4 Å². The quantitative estimate of drug-likeness (QED) is 0.925. The van der Waals surface area contributed by atoms with Crippen molar-refractivity contribution in [2.75, 3.05) is 20.3 Å². The van der Waals surface area contributed by atoms with Crippen LogP contribution in [-0.2, 0) is 16.1 Å². The lowest BCUT2D eigenvalue weighted by molar-refractivity contribution is -0.133. The van der Waals surface area contributed by atoms with Gasteiger partial charge in [-0.05, 0) is 36.5 Å². The highest BCUT2D eigenvalue weighted by atomic mass is 35.5. The number of halogens is 1. The van der Waals surface area contributed by atoms with Crippen LogP contribution in [0.4, 0.5) is 0 Å². The van der Waals surface area contributed by atoms with Gasteiger partial charge in [0.2, 0.25) is 5.91 Å². The number of hydrogen-bond donors (Lipinski definition) is 1. The van der Waals surface area contributed by atoms with Gasteiger partial charge in [-0.1, -0.05) is 23.7 Å². The number of rotatable bonds is 4. The molecule has 1 heterocycles. The summed E-state index contributed by atoms with van der Waals surface area (Å²) >= 11 is 5.85. The smallest absolute Gasteiger partial charge is 0.239 e. The number of benzene rings is 1. The van der Waals surface area contributed by atoms with Gasteiger partial charge >= 0.3 is 0 Å². The number of hydrogen-bond acceptors (Lipinski definition) is 3. The van der Waals surface area contributed by atoms with Gasteiger partial charge in [0.15, 0.2) is 0 Å². The monoisotopic (exact) mass is 296 g/mol. The van der Waals surface area contributed by atoms with Crippen molar-refractivity contribution in [1.82, 2.24) is 4.90 Å². The summed E-state index contributed by atoms with van der Waals surface area (Å²) in [7, 11) is 1.79. The fraction of sp³-hybridized carbons (Fsp3) is 0.533. The van der Waals surface area contributed by atoms with Crippen LogP contribution in [0.25, 0.3) is 0 Å². The second-order valence-electron chi connectivity index (χ2n) is 5.30. The fourth-order valence-corrected chi connectivity index (χ4v) is 2.60. The Morgan fingerprint density at radius 3 is 2.60 bits per heavy atom. The largest absolute Gasteiger partial charge is 0.381 e. The lowest BCUT2D eigenvalue weighted by Gasteiger charge is -2.29. The van der Waals surface area contributed by atoms with Crippen LogP contribution < -0.4 is 5.73 Å². The van der Waals surface area contributed by atoms with Crippen molar-refractivity contribution >= 4 is 17.5 Å². The van der Waals surface area contributed by atoms with E-state index >= 15 is 0 Å². The predicted molar refractivity (Wildman–Crippen MR) is 79.4 cm³/mol. The van der Waals surface area contributed by atoms with Crippen molar-refractivity contribution in [3.63, 3.8) is 0 Å². The Bertz CT molecular complexity index is 444. The minimum atomic E-state index is -0.434.